The Morgan fingerprint density at radius 2 is 1.70 bits per heavy atom. The minimum Gasteiger partial charge on any atom is -0.312 e. The third-order valence-corrected chi connectivity index (χ3v) is 6.10. The van der Waals surface area contributed by atoms with Crippen LogP contribution in [0.25, 0.3) is 0 Å². The van der Waals surface area contributed by atoms with Crippen molar-refractivity contribution in [3.8, 4) is 0 Å². The molecular formula is C18H36N2. The first-order valence-electron chi connectivity index (χ1n) is 9.01. The number of rotatable bonds is 6. The standard InChI is InChI=1S/C18H36N2/c1-5-14-19-17(16-8-6-7-9-16)18(20(3)4)12-10-15(2)11-13-18/h15-17,19H,5-14H2,1-4H3. The summed E-state index contributed by atoms with van der Waals surface area (Å²) in [6.45, 7) is 5.92. The lowest BCUT2D eigenvalue weighted by molar-refractivity contribution is 0.0219. The van der Waals surface area contributed by atoms with E-state index in [1.165, 1.54) is 64.3 Å². The summed E-state index contributed by atoms with van der Waals surface area (Å²) in [5.74, 6) is 1.84. The van der Waals surface area contributed by atoms with Crippen LogP contribution in [0.2, 0.25) is 0 Å². The van der Waals surface area contributed by atoms with Crippen molar-refractivity contribution in [2.24, 2.45) is 11.8 Å². The Labute approximate surface area is 126 Å². The first kappa shape index (κ1) is 16.3. The maximum Gasteiger partial charge on any atom is 0.0359 e. The number of likely N-dealkylation sites (N-methyl/N-ethyl adjacent to an activating group) is 1. The summed E-state index contributed by atoms with van der Waals surface area (Å²) in [5, 5.41) is 3.98. The molecule has 0 spiro atoms. The summed E-state index contributed by atoms with van der Waals surface area (Å²) >= 11 is 0. The Bertz CT molecular complexity index is 273. The number of hydrogen-bond acceptors (Lipinski definition) is 2. The molecule has 2 saturated carbocycles. The van der Waals surface area contributed by atoms with Gasteiger partial charge in [0.2, 0.25) is 0 Å². The van der Waals surface area contributed by atoms with Gasteiger partial charge in [0.1, 0.15) is 0 Å². The summed E-state index contributed by atoms with van der Waals surface area (Å²) in [5.41, 5.74) is 0.413. The molecule has 2 fully saturated rings. The van der Waals surface area contributed by atoms with Crippen LogP contribution in [0, 0.1) is 11.8 Å². The van der Waals surface area contributed by atoms with Gasteiger partial charge in [0.25, 0.3) is 0 Å². The summed E-state index contributed by atoms with van der Waals surface area (Å²) in [4.78, 5) is 2.57. The normalized spacial score (nSPS) is 33.8. The fourth-order valence-electron chi connectivity index (χ4n) is 4.68. The van der Waals surface area contributed by atoms with Crippen molar-refractivity contribution in [2.45, 2.75) is 83.2 Å². The molecule has 2 heteroatoms. The highest BCUT2D eigenvalue weighted by Crippen LogP contribution is 2.43. The molecule has 0 saturated heterocycles. The van der Waals surface area contributed by atoms with Gasteiger partial charge in [0, 0.05) is 11.6 Å². The monoisotopic (exact) mass is 280 g/mol. The van der Waals surface area contributed by atoms with Crippen molar-refractivity contribution < 1.29 is 0 Å². The number of nitrogens with one attached hydrogen (secondary N) is 1. The van der Waals surface area contributed by atoms with Gasteiger partial charge in [-0.3, -0.25) is 0 Å². The van der Waals surface area contributed by atoms with Crippen LogP contribution in [-0.2, 0) is 0 Å². The largest absolute Gasteiger partial charge is 0.312 e. The van der Waals surface area contributed by atoms with Crippen molar-refractivity contribution in [3.63, 3.8) is 0 Å². The molecule has 2 rings (SSSR count). The van der Waals surface area contributed by atoms with Gasteiger partial charge in [0.05, 0.1) is 0 Å². The second-order valence-corrected chi connectivity index (χ2v) is 7.66. The lowest BCUT2D eigenvalue weighted by Gasteiger charge is -2.52. The minimum absolute atomic E-state index is 0.413. The fourth-order valence-corrected chi connectivity index (χ4v) is 4.68. The van der Waals surface area contributed by atoms with Gasteiger partial charge in [-0.25, -0.2) is 0 Å². The number of nitrogens with zero attached hydrogens (tertiary/aromatic N) is 1. The zero-order valence-electron chi connectivity index (χ0n) is 14.3. The van der Waals surface area contributed by atoms with Gasteiger partial charge < -0.3 is 10.2 Å². The molecule has 0 bridgehead atoms. The van der Waals surface area contributed by atoms with Crippen molar-refractivity contribution in [1.82, 2.24) is 10.2 Å². The SMILES string of the molecule is CCCNC(C1CCCC1)C1(N(C)C)CCC(C)CC1. The van der Waals surface area contributed by atoms with Crippen molar-refractivity contribution in [3.05, 3.63) is 0 Å². The average molecular weight is 280 g/mol. The van der Waals surface area contributed by atoms with Crippen LogP contribution in [0.4, 0.5) is 0 Å². The van der Waals surface area contributed by atoms with Gasteiger partial charge in [-0.1, -0.05) is 26.7 Å². The van der Waals surface area contributed by atoms with E-state index in [1.54, 1.807) is 0 Å². The van der Waals surface area contributed by atoms with E-state index >= 15 is 0 Å². The van der Waals surface area contributed by atoms with E-state index < -0.39 is 0 Å². The summed E-state index contributed by atoms with van der Waals surface area (Å²) in [6, 6.07) is 0.715. The Hall–Kier alpha value is -0.0800. The second kappa shape index (κ2) is 7.26. The van der Waals surface area contributed by atoms with Crippen molar-refractivity contribution >= 4 is 0 Å². The van der Waals surface area contributed by atoms with E-state index in [4.69, 9.17) is 0 Å². The van der Waals surface area contributed by atoms with Crippen molar-refractivity contribution in [2.75, 3.05) is 20.6 Å². The smallest absolute Gasteiger partial charge is 0.0359 e. The molecular weight excluding hydrogens is 244 g/mol. The van der Waals surface area contributed by atoms with Crippen LogP contribution >= 0.6 is 0 Å². The zero-order valence-corrected chi connectivity index (χ0v) is 14.3. The lowest BCUT2D eigenvalue weighted by atomic mass is 9.68. The fraction of sp³-hybridized carbons (Fsp3) is 1.00. The first-order chi connectivity index (χ1) is 9.60. The predicted molar refractivity (Wildman–Crippen MR) is 88.1 cm³/mol. The van der Waals surface area contributed by atoms with Gasteiger partial charge in [-0.15, -0.1) is 0 Å². The Kier molecular flexibility index (Phi) is 5.92. The Balaban J connectivity index is 2.16. The summed E-state index contributed by atoms with van der Waals surface area (Å²) < 4.78 is 0. The maximum atomic E-state index is 3.98. The topological polar surface area (TPSA) is 15.3 Å². The molecule has 1 N–H and O–H groups in total. The van der Waals surface area contributed by atoms with Gasteiger partial charge in [0.15, 0.2) is 0 Å². The molecule has 1 unspecified atom stereocenters. The van der Waals surface area contributed by atoms with E-state index in [0.717, 1.165) is 11.8 Å². The molecule has 2 aliphatic carbocycles. The summed E-state index contributed by atoms with van der Waals surface area (Å²) in [7, 11) is 4.65. The number of hydrogen-bond donors (Lipinski definition) is 1. The molecule has 0 amide bonds. The quantitative estimate of drug-likeness (QED) is 0.789. The molecule has 0 aliphatic heterocycles. The van der Waals surface area contributed by atoms with Crippen LogP contribution in [0.5, 0.6) is 0 Å². The van der Waals surface area contributed by atoms with Gasteiger partial charge in [-0.05, 0) is 77.4 Å². The highest BCUT2D eigenvalue weighted by molar-refractivity contribution is 5.04. The van der Waals surface area contributed by atoms with Crippen LogP contribution < -0.4 is 5.32 Å². The highest BCUT2D eigenvalue weighted by Gasteiger charge is 2.46. The molecule has 0 aromatic heterocycles. The Morgan fingerprint density at radius 3 is 2.20 bits per heavy atom. The van der Waals surface area contributed by atoms with Crippen LogP contribution in [0.1, 0.15) is 71.6 Å². The van der Waals surface area contributed by atoms with Crippen LogP contribution in [0.15, 0.2) is 0 Å². The van der Waals surface area contributed by atoms with E-state index in [2.05, 4.69) is 38.2 Å². The van der Waals surface area contributed by atoms with E-state index in [9.17, 15) is 0 Å². The van der Waals surface area contributed by atoms with E-state index in [0.29, 0.717) is 11.6 Å². The van der Waals surface area contributed by atoms with Gasteiger partial charge >= 0.3 is 0 Å². The van der Waals surface area contributed by atoms with E-state index in [1.807, 2.05) is 0 Å². The molecule has 0 heterocycles. The third kappa shape index (κ3) is 3.39. The predicted octanol–water partition coefficient (Wildman–Crippen LogP) is 4.06. The van der Waals surface area contributed by atoms with Crippen LogP contribution in [0.3, 0.4) is 0 Å². The maximum absolute atomic E-state index is 3.98. The summed E-state index contributed by atoms with van der Waals surface area (Å²) in [6.07, 6.45) is 12.7. The molecule has 2 nitrogen and oxygen atoms in total. The molecule has 0 radical (unpaired) electrons. The van der Waals surface area contributed by atoms with Crippen molar-refractivity contribution in [1.29, 1.82) is 0 Å². The molecule has 20 heavy (non-hydrogen) atoms. The third-order valence-electron chi connectivity index (χ3n) is 6.10. The van der Waals surface area contributed by atoms with Gasteiger partial charge in [-0.2, -0.15) is 0 Å². The Morgan fingerprint density at radius 1 is 1.10 bits per heavy atom. The van der Waals surface area contributed by atoms with E-state index in [-0.39, 0.29) is 0 Å². The molecule has 1 atom stereocenters. The lowest BCUT2D eigenvalue weighted by Crippen LogP contribution is -2.63. The minimum atomic E-state index is 0.413. The highest BCUT2D eigenvalue weighted by atomic mass is 15.2. The first-order valence-corrected chi connectivity index (χ1v) is 9.01. The molecule has 0 aromatic rings. The molecule has 2 aliphatic rings. The molecule has 0 aromatic carbocycles. The average Bonchev–Trinajstić information content (AvgIpc) is 2.95. The second-order valence-electron chi connectivity index (χ2n) is 7.66. The van der Waals surface area contributed by atoms with Crippen LogP contribution in [-0.4, -0.2) is 37.1 Å². The zero-order chi connectivity index (χ0) is 14.6. The molecule has 118 valence electrons.